The molecule has 1 fully saturated rings. The number of benzene rings is 1. The standard InChI is InChI=1S/C21H25N9O2/c1-2-29-13-6-4-3-5-12(13)25-16(29)7-8-17(32)28-9-14(15(31)10-28)30-11-24-18-19(22)26-21(23)27-20(18)30/h3-6,11,14-15,31H,2,7-10H2,1H3,(H4,22,23,26,27)/t14-,15-/m0/s1. The summed E-state index contributed by atoms with van der Waals surface area (Å²) in [6.07, 6.45) is 1.65. The molecule has 1 amide bonds. The number of aliphatic hydroxyl groups excluding tert-OH is 1. The molecule has 0 bridgehead atoms. The number of rotatable bonds is 5. The second kappa shape index (κ2) is 7.75. The van der Waals surface area contributed by atoms with E-state index in [-0.39, 0.29) is 24.2 Å². The fraction of sp³-hybridized carbons (Fsp3) is 0.381. The topological polar surface area (TPSA) is 154 Å². The molecule has 1 saturated heterocycles. The average Bonchev–Trinajstić information content (AvgIpc) is 3.46. The Morgan fingerprint density at radius 2 is 2.00 bits per heavy atom. The minimum Gasteiger partial charge on any atom is -0.389 e. The Labute approximate surface area is 183 Å². The fourth-order valence-electron chi connectivity index (χ4n) is 4.49. The molecular weight excluding hydrogens is 410 g/mol. The SMILES string of the molecule is CCn1c(CCC(=O)N2C[C@H](O)[C@@H](n3cnc4c(N)nc(N)nc43)C2)nc2ccccc21. The molecule has 2 atom stereocenters. The van der Waals surface area contributed by atoms with Crippen molar-refractivity contribution in [2.75, 3.05) is 24.6 Å². The molecule has 166 valence electrons. The number of carbonyl (C=O) groups is 1. The van der Waals surface area contributed by atoms with E-state index in [1.807, 2.05) is 24.3 Å². The van der Waals surface area contributed by atoms with Gasteiger partial charge in [-0.2, -0.15) is 9.97 Å². The molecule has 4 heterocycles. The molecular formula is C21H25N9O2. The van der Waals surface area contributed by atoms with Gasteiger partial charge in [0.05, 0.1) is 29.5 Å². The number of carbonyl (C=O) groups excluding carboxylic acids is 1. The molecule has 1 aliphatic rings. The molecule has 32 heavy (non-hydrogen) atoms. The highest BCUT2D eigenvalue weighted by atomic mass is 16.3. The van der Waals surface area contributed by atoms with Crippen molar-refractivity contribution < 1.29 is 9.90 Å². The smallest absolute Gasteiger partial charge is 0.224 e. The van der Waals surface area contributed by atoms with Gasteiger partial charge in [0.1, 0.15) is 11.3 Å². The predicted octanol–water partition coefficient (Wildman–Crippen LogP) is 0.737. The molecule has 0 unspecified atom stereocenters. The first-order valence-electron chi connectivity index (χ1n) is 10.6. The van der Waals surface area contributed by atoms with E-state index in [4.69, 9.17) is 16.5 Å². The van der Waals surface area contributed by atoms with E-state index in [2.05, 4.69) is 26.4 Å². The van der Waals surface area contributed by atoms with Crippen LogP contribution >= 0.6 is 0 Å². The van der Waals surface area contributed by atoms with Crippen LogP contribution in [-0.4, -0.2) is 64.2 Å². The predicted molar refractivity (Wildman–Crippen MR) is 119 cm³/mol. The van der Waals surface area contributed by atoms with Gasteiger partial charge < -0.3 is 30.6 Å². The van der Waals surface area contributed by atoms with Gasteiger partial charge >= 0.3 is 0 Å². The van der Waals surface area contributed by atoms with E-state index in [0.717, 1.165) is 23.4 Å². The summed E-state index contributed by atoms with van der Waals surface area (Å²) in [6.45, 7) is 3.44. The number of nitrogens with two attached hydrogens (primary N) is 2. The Kier molecular flexibility index (Phi) is 4.89. The van der Waals surface area contributed by atoms with Crippen molar-refractivity contribution in [3.63, 3.8) is 0 Å². The van der Waals surface area contributed by atoms with Gasteiger partial charge in [-0.05, 0) is 19.1 Å². The van der Waals surface area contributed by atoms with E-state index in [1.54, 1.807) is 15.8 Å². The Balaban J connectivity index is 1.32. The van der Waals surface area contributed by atoms with Crippen molar-refractivity contribution in [1.29, 1.82) is 0 Å². The number of aromatic nitrogens is 6. The van der Waals surface area contributed by atoms with Crippen molar-refractivity contribution >= 4 is 39.9 Å². The van der Waals surface area contributed by atoms with Gasteiger partial charge in [-0.15, -0.1) is 0 Å². The normalized spacial score (nSPS) is 18.8. The lowest BCUT2D eigenvalue weighted by Crippen LogP contribution is -2.30. The van der Waals surface area contributed by atoms with E-state index < -0.39 is 12.1 Å². The van der Waals surface area contributed by atoms with Gasteiger partial charge in [0.15, 0.2) is 11.5 Å². The molecule has 0 saturated carbocycles. The third-order valence-electron chi connectivity index (χ3n) is 6.05. The Morgan fingerprint density at radius 3 is 2.81 bits per heavy atom. The number of imidazole rings is 2. The molecule has 5 N–H and O–H groups in total. The molecule has 1 aliphatic heterocycles. The summed E-state index contributed by atoms with van der Waals surface area (Å²) in [6, 6.07) is 7.58. The lowest BCUT2D eigenvalue weighted by Gasteiger charge is -2.17. The molecule has 11 nitrogen and oxygen atoms in total. The van der Waals surface area contributed by atoms with E-state index in [0.29, 0.717) is 30.6 Å². The summed E-state index contributed by atoms with van der Waals surface area (Å²) in [7, 11) is 0. The van der Waals surface area contributed by atoms with Gasteiger partial charge in [0.25, 0.3) is 0 Å². The number of aryl methyl sites for hydroxylation is 2. The van der Waals surface area contributed by atoms with Crippen LogP contribution in [0.5, 0.6) is 0 Å². The van der Waals surface area contributed by atoms with Crippen LogP contribution in [0, 0.1) is 0 Å². The largest absolute Gasteiger partial charge is 0.389 e. The van der Waals surface area contributed by atoms with Crippen molar-refractivity contribution in [2.24, 2.45) is 0 Å². The van der Waals surface area contributed by atoms with Crippen LogP contribution in [0.3, 0.4) is 0 Å². The summed E-state index contributed by atoms with van der Waals surface area (Å²) in [4.78, 5) is 31.7. The number of likely N-dealkylation sites (tertiary alicyclic amines) is 1. The molecule has 3 aromatic heterocycles. The second-order valence-electron chi connectivity index (χ2n) is 7.99. The van der Waals surface area contributed by atoms with Crippen LogP contribution in [0.4, 0.5) is 11.8 Å². The number of aliphatic hydroxyl groups is 1. The van der Waals surface area contributed by atoms with Crippen LogP contribution in [0.2, 0.25) is 0 Å². The number of para-hydroxylation sites is 2. The number of amides is 1. The van der Waals surface area contributed by atoms with Crippen LogP contribution in [0.1, 0.15) is 25.2 Å². The monoisotopic (exact) mass is 435 g/mol. The molecule has 4 aromatic rings. The highest BCUT2D eigenvalue weighted by Crippen LogP contribution is 2.28. The summed E-state index contributed by atoms with van der Waals surface area (Å²) in [5, 5.41) is 10.7. The Hall–Kier alpha value is -3.73. The number of hydrogen-bond acceptors (Lipinski definition) is 8. The molecule has 5 rings (SSSR count). The summed E-state index contributed by atoms with van der Waals surface area (Å²) in [5.74, 6) is 1.09. The van der Waals surface area contributed by atoms with Crippen LogP contribution in [0.15, 0.2) is 30.6 Å². The average molecular weight is 435 g/mol. The first kappa shape index (κ1) is 20.2. The zero-order valence-corrected chi connectivity index (χ0v) is 17.7. The number of anilines is 2. The highest BCUT2D eigenvalue weighted by Gasteiger charge is 2.36. The third kappa shape index (κ3) is 3.30. The van der Waals surface area contributed by atoms with Crippen molar-refractivity contribution in [1.82, 2.24) is 34.0 Å². The number of hydrogen-bond donors (Lipinski definition) is 3. The summed E-state index contributed by atoms with van der Waals surface area (Å²) >= 11 is 0. The maximum absolute atomic E-state index is 13.0. The Morgan fingerprint density at radius 1 is 1.19 bits per heavy atom. The minimum absolute atomic E-state index is 0.0284. The lowest BCUT2D eigenvalue weighted by atomic mass is 10.2. The fourth-order valence-corrected chi connectivity index (χ4v) is 4.49. The van der Waals surface area contributed by atoms with Crippen LogP contribution in [-0.2, 0) is 17.8 Å². The third-order valence-corrected chi connectivity index (χ3v) is 6.05. The number of nitrogen functional groups attached to an aromatic ring is 2. The second-order valence-corrected chi connectivity index (χ2v) is 7.99. The Bertz CT molecular complexity index is 1310. The number of fused-ring (bicyclic) bond motifs is 2. The summed E-state index contributed by atoms with van der Waals surface area (Å²) < 4.78 is 3.86. The number of nitrogens with zero attached hydrogens (tertiary/aromatic N) is 7. The molecule has 0 radical (unpaired) electrons. The van der Waals surface area contributed by atoms with Crippen molar-refractivity contribution in [3.8, 4) is 0 Å². The van der Waals surface area contributed by atoms with Crippen LogP contribution in [0.25, 0.3) is 22.2 Å². The number of β-amino-alcohol motifs (C(OH)–C–C–N with tert-alkyl or cyclic N) is 1. The maximum atomic E-state index is 13.0. The van der Waals surface area contributed by atoms with Crippen molar-refractivity contribution in [2.45, 2.75) is 38.5 Å². The van der Waals surface area contributed by atoms with Gasteiger partial charge in [0, 0.05) is 32.5 Å². The van der Waals surface area contributed by atoms with Gasteiger partial charge in [0.2, 0.25) is 11.9 Å². The molecule has 1 aromatic carbocycles. The van der Waals surface area contributed by atoms with E-state index >= 15 is 0 Å². The first-order valence-corrected chi connectivity index (χ1v) is 10.6. The van der Waals surface area contributed by atoms with Gasteiger partial charge in [-0.1, -0.05) is 12.1 Å². The zero-order chi connectivity index (χ0) is 22.4. The zero-order valence-electron chi connectivity index (χ0n) is 17.7. The van der Waals surface area contributed by atoms with E-state index in [9.17, 15) is 9.90 Å². The molecule has 0 aliphatic carbocycles. The van der Waals surface area contributed by atoms with E-state index in [1.165, 1.54) is 0 Å². The lowest BCUT2D eigenvalue weighted by molar-refractivity contribution is -0.130. The van der Waals surface area contributed by atoms with Crippen molar-refractivity contribution in [3.05, 3.63) is 36.4 Å². The first-order chi connectivity index (χ1) is 15.5. The molecule has 11 heteroatoms. The van der Waals surface area contributed by atoms with Gasteiger partial charge in [-0.25, -0.2) is 9.97 Å². The summed E-state index contributed by atoms with van der Waals surface area (Å²) in [5.41, 5.74) is 14.5. The minimum atomic E-state index is -0.756. The quantitative estimate of drug-likeness (QED) is 0.415. The highest BCUT2D eigenvalue weighted by molar-refractivity contribution is 5.83. The molecule has 0 spiro atoms. The van der Waals surface area contributed by atoms with Gasteiger partial charge in [-0.3, -0.25) is 4.79 Å². The van der Waals surface area contributed by atoms with Crippen LogP contribution < -0.4 is 11.5 Å². The maximum Gasteiger partial charge on any atom is 0.224 e.